The average molecular weight is 455 g/mol. The van der Waals surface area contributed by atoms with Crippen molar-refractivity contribution in [2.24, 2.45) is 0 Å². The minimum absolute atomic E-state index is 0.311. The fourth-order valence-electron chi connectivity index (χ4n) is 4.56. The van der Waals surface area contributed by atoms with Gasteiger partial charge in [-0.05, 0) is 62.4 Å². The van der Waals surface area contributed by atoms with Crippen LogP contribution in [0, 0.1) is 6.92 Å². The number of nitrogens with zero attached hydrogens (tertiary/aromatic N) is 6. The Morgan fingerprint density at radius 3 is 2.91 bits per heavy atom. The van der Waals surface area contributed by atoms with Crippen LogP contribution < -0.4 is 11.1 Å². The predicted molar refractivity (Wildman–Crippen MR) is 129 cm³/mol. The lowest BCUT2D eigenvalue weighted by atomic mass is 10.1. The normalized spacial score (nSPS) is 15.2. The quantitative estimate of drug-likeness (QED) is 0.442. The fourth-order valence-corrected chi connectivity index (χ4v) is 4.56. The van der Waals surface area contributed by atoms with Crippen LogP contribution in [0.25, 0.3) is 17.2 Å². The SMILES string of the molecule is Cc1cc(N)c(C(=O)Nc2cccc(-c3nnc4n3CCCC4)n2)cc1-n1cnc(C2CC2)c1. The number of hydrogen-bond donors (Lipinski definition) is 2. The van der Waals surface area contributed by atoms with Gasteiger partial charge in [-0.1, -0.05) is 6.07 Å². The van der Waals surface area contributed by atoms with Crippen LogP contribution in [0.2, 0.25) is 0 Å². The zero-order valence-electron chi connectivity index (χ0n) is 19.0. The number of benzene rings is 1. The van der Waals surface area contributed by atoms with E-state index in [0.29, 0.717) is 28.7 Å². The molecular formula is C25H26N8O. The van der Waals surface area contributed by atoms with E-state index in [-0.39, 0.29) is 5.91 Å². The molecule has 1 aromatic carbocycles. The van der Waals surface area contributed by atoms with Crippen molar-refractivity contribution in [3.05, 3.63) is 65.5 Å². The zero-order valence-corrected chi connectivity index (χ0v) is 19.0. The summed E-state index contributed by atoms with van der Waals surface area (Å²) in [4.78, 5) is 22.4. The fraction of sp³-hybridized carbons (Fsp3) is 0.320. The van der Waals surface area contributed by atoms with E-state index in [4.69, 9.17) is 5.73 Å². The van der Waals surface area contributed by atoms with Crippen LogP contribution >= 0.6 is 0 Å². The summed E-state index contributed by atoms with van der Waals surface area (Å²) in [6, 6.07) is 9.15. The van der Waals surface area contributed by atoms with Gasteiger partial charge in [-0.15, -0.1) is 10.2 Å². The van der Waals surface area contributed by atoms with E-state index in [0.717, 1.165) is 54.4 Å². The third-order valence-corrected chi connectivity index (χ3v) is 6.57. The molecule has 9 heteroatoms. The van der Waals surface area contributed by atoms with Gasteiger partial charge in [0.2, 0.25) is 0 Å². The lowest BCUT2D eigenvalue weighted by Gasteiger charge is -2.15. The third-order valence-electron chi connectivity index (χ3n) is 6.57. The number of aryl methyl sites for hydroxylation is 2. The lowest BCUT2D eigenvalue weighted by molar-refractivity contribution is 0.102. The van der Waals surface area contributed by atoms with E-state index < -0.39 is 0 Å². The highest BCUT2D eigenvalue weighted by Gasteiger charge is 2.26. The average Bonchev–Trinajstić information content (AvgIpc) is 3.41. The minimum Gasteiger partial charge on any atom is -0.398 e. The monoisotopic (exact) mass is 454 g/mol. The predicted octanol–water partition coefficient (Wildman–Crippen LogP) is 3.88. The molecule has 0 bridgehead atoms. The third kappa shape index (κ3) is 3.72. The lowest BCUT2D eigenvalue weighted by Crippen LogP contribution is -2.16. The van der Waals surface area contributed by atoms with Crippen molar-refractivity contribution in [1.82, 2.24) is 29.3 Å². The van der Waals surface area contributed by atoms with E-state index in [1.54, 1.807) is 12.4 Å². The standard InChI is InChI=1S/C25H26N8O/c1-15-11-18(26)17(12-21(15)32-13-20(27-14-32)16-8-9-16)25(34)29-22-6-4-5-19(28-22)24-31-30-23-7-2-3-10-33(23)24/h4-6,11-14,16H,2-3,7-10,26H2,1H3,(H,28,29,34). The van der Waals surface area contributed by atoms with Crippen LogP contribution in [0.1, 0.15) is 59.0 Å². The number of hydrogen-bond acceptors (Lipinski definition) is 6. The Bertz CT molecular complexity index is 1400. The molecule has 9 nitrogen and oxygen atoms in total. The number of amides is 1. The summed E-state index contributed by atoms with van der Waals surface area (Å²) in [5.41, 5.74) is 10.7. The molecule has 0 radical (unpaired) electrons. The van der Waals surface area contributed by atoms with Gasteiger partial charge in [-0.25, -0.2) is 9.97 Å². The van der Waals surface area contributed by atoms with Crippen molar-refractivity contribution in [1.29, 1.82) is 0 Å². The number of pyridine rings is 1. The highest BCUT2D eigenvalue weighted by atomic mass is 16.1. The molecule has 1 amide bonds. The van der Waals surface area contributed by atoms with Crippen LogP contribution in [-0.4, -0.2) is 35.2 Å². The van der Waals surface area contributed by atoms with E-state index in [2.05, 4.69) is 30.0 Å². The summed E-state index contributed by atoms with van der Waals surface area (Å²) in [6.07, 6.45) is 9.38. The first-order valence-corrected chi connectivity index (χ1v) is 11.7. The van der Waals surface area contributed by atoms with Crippen LogP contribution in [0.5, 0.6) is 0 Å². The van der Waals surface area contributed by atoms with Gasteiger partial charge in [0.05, 0.1) is 23.3 Å². The highest BCUT2D eigenvalue weighted by Crippen LogP contribution is 2.39. The Morgan fingerprint density at radius 2 is 2.06 bits per heavy atom. The molecule has 4 aromatic rings. The molecule has 1 fully saturated rings. The van der Waals surface area contributed by atoms with Crippen LogP contribution in [0.4, 0.5) is 11.5 Å². The number of rotatable bonds is 5. The number of aromatic nitrogens is 6. The number of nitrogens with one attached hydrogen (secondary N) is 1. The molecule has 172 valence electrons. The van der Waals surface area contributed by atoms with Gasteiger partial charge in [0, 0.05) is 30.8 Å². The van der Waals surface area contributed by atoms with Crippen molar-refractivity contribution in [3.8, 4) is 17.2 Å². The maximum absolute atomic E-state index is 13.2. The maximum atomic E-state index is 13.2. The van der Waals surface area contributed by atoms with Crippen molar-refractivity contribution in [3.63, 3.8) is 0 Å². The number of nitrogen functional groups attached to an aromatic ring is 1. The summed E-state index contributed by atoms with van der Waals surface area (Å²) in [6.45, 7) is 2.86. The molecule has 4 heterocycles. The van der Waals surface area contributed by atoms with Crippen LogP contribution in [0.3, 0.4) is 0 Å². The van der Waals surface area contributed by atoms with Crippen molar-refractivity contribution >= 4 is 17.4 Å². The number of fused-ring (bicyclic) bond motifs is 1. The van der Waals surface area contributed by atoms with Gasteiger partial charge in [-0.2, -0.15) is 0 Å². The summed E-state index contributed by atoms with van der Waals surface area (Å²) in [5.74, 6) is 2.41. The molecule has 2 aliphatic rings. The van der Waals surface area contributed by atoms with Gasteiger partial charge >= 0.3 is 0 Å². The summed E-state index contributed by atoms with van der Waals surface area (Å²) in [5, 5.41) is 11.6. The van der Waals surface area contributed by atoms with E-state index in [1.165, 1.54) is 12.8 Å². The Morgan fingerprint density at radius 1 is 1.18 bits per heavy atom. The molecule has 3 aromatic heterocycles. The molecule has 34 heavy (non-hydrogen) atoms. The Balaban J connectivity index is 1.27. The van der Waals surface area contributed by atoms with Crippen molar-refractivity contribution in [2.75, 3.05) is 11.1 Å². The minimum atomic E-state index is -0.311. The molecule has 1 aliphatic carbocycles. The van der Waals surface area contributed by atoms with Crippen LogP contribution in [0.15, 0.2) is 42.9 Å². The second-order valence-corrected chi connectivity index (χ2v) is 9.12. The first-order chi connectivity index (χ1) is 16.6. The maximum Gasteiger partial charge on any atom is 0.258 e. The molecular weight excluding hydrogens is 428 g/mol. The van der Waals surface area contributed by atoms with Gasteiger partial charge in [-0.3, -0.25) is 4.79 Å². The molecule has 1 aliphatic heterocycles. The van der Waals surface area contributed by atoms with E-state index in [9.17, 15) is 4.79 Å². The Hall–Kier alpha value is -4.01. The van der Waals surface area contributed by atoms with Gasteiger partial charge in [0.15, 0.2) is 5.82 Å². The molecule has 0 spiro atoms. The van der Waals surface area contributed by atoms with Crippen LogP contribution in [-0.2, 0) is 13.0 Å². The van der Waals surface area contributed by atoms with Crippen molar-refractivity contribution < 1.29 is 4.79 Å². The number of imidazole rings is 1. The smallest absolute Gasteiger partial charge is 0.258 e. The van der Waals surface area contributed by atoms with Crippen molar-refractivity contribution in [2.45, 2.75) is 51.5 Å². The molecule has 0 atom stereocenters. The molecule has 3 N–H and O–H groups in total. The first kappa shape index (κ1) is 20.6. The zero-order chi connectivity index (χ0) is 23.2. The second kappa shape index (κ2) is 8.09. The second-order valence-electron chi connectivity index (χ2n) is 9.12. The van der Waals surface area contributed by atoms with Gasteiger partial charge in [0.1, 0.15) is 17.3 Å². The van der Waals surface area contributed by atoms with Gasteiger partial charge in [0.25, 0.3) is 5.91 Å². The molecule has 0 saturated heterocycles. The summed E-state index contributed by atoms with van der Waals surface area (Å²) in [7, 11) is 0. The highest BCUT2D eigenvalue weighted by molar-refractivity contribution is 6.08. The topological polar surface area (TPSA) is 117 Å². The number of nitrogens with two attached hydrogens (primary N) is 1. The first-order valence-electron chi connectivity index (χ1n) is 11.7. The molecule has 0 unspecified atom stereocenters. The number of carbonyl (C=O) groups excluding carboxylic acids is 1. The van der Waals surface area contributed by atoms with E-state index >= 15 is 0 Å². The molecule has 6 rings (SSSR count). The Labute approximate surface area is 197 Å². The number of carbonyl (C=O) groups is 1. The number of anilines is 2. The molecule has 1 saturated carbocycles. The van der Waals surface area contributed by atoms with Gasteiger partial charge < -0.3 is 20.2 Å². The van der Waals surface area contributed by atoms with E-state index in [1.807, 2.05) is 42.0 Å². The largest absolute Gasteiger partial charge is 0.398 e. The Kier molecular flexibility index (Phi) is 4.90. The summed E-state index contributed by atoms with van der Waals surface area (Å²) >= 11 is 0. The summed E-state index contributed by atoms with van der Waals surface area (Å²) < 4.78 is 4.08.